The van der Waals surface area contributed by atoms with Crippen LogP contribution >= 0.6 is 0 Å². The number of methoxy groups -OCH3 is 3. The summed E-state index contributed by atoms with van der Waals surface area (Å²) in [5.41, 5.74) is -0.350. The first-order valence-electron chi connectivity index (χ1n) is 6.19. The van der Waals surface area contributed by atoms with Crippen molar-refractivity contribution in [2.24, 2.45) is 0 Å². The maximum atomic E-state index is 12.6. The lowest BCUT2D eigenvalue weighted by Crippen LogP contribution is -2.16. The Bertz CT molecular complexity index is 603. The van der Waals surface area contributed by atoms with Crippen molar-refractivity contribution in [3.05, 3.63) is 30.0 Å². The first-order valence-corrected chi connectivity index (χ1v) is 6.19. The van der Waals surface area contributed by atoms with Crippen LogP contribution in [0.5, 0.6) is 11.5 Å². The van der Waals surface area contributed by atoms with E-state index in [1.807, 2.05) is 0 Å². The van der Waals surface area contributed by atoms with Crippen molar-refractivity contribution in [1.29, 1.82) is 0 Å². The monoisotopic (exact) mass is 331 g/mol. The van der Waals surface area contributed by atoms with Crippen molar-refractivity contribution in [3.63, 3.8) is 0 Å². The number of benzene rings is 1. The summed E-state index contributed by atoms with van der Waals surface area (Å²) in [6, 6.07) is 4.23. The van der Waals surface area contributed by atoms with Crippen LogP contribution < -0.4 is 14.8 Å². The molecule has 0 saturated heterocycles. The Balaban J connectivity index is 3.25. The van der Waals surface area contributed by atoms with Gasteiger partial charge in [0.2, 0.25) is 0 Å². The van der Waals surface area contributed by atoms with E-state index in [0.717, 1.165) is 20.3 Å². The molecule has 0 amide bonds. The van der Waals surface area contributed by atoms with Crippen LogP contribution in [0.25, 0.3) is 0 Å². The highest BCUT2D eigenvalue weighted by Crippen LogP contribution is 2.37. The van der Waals surface area contributed by atoms with Crippen LogP contribution in [0.3, 0.4) is 0 Å². The molecule has 0 spiro atoms. The number of ether oxygens (including phenoxy) is 4. The van der Waals surface area contributed by atoms with Crippen molar-refractivity contribution in [1.82, 2.24) is 0 Å². The molecule has 0 unspecified atom stereocenters. The molecule has 1 aromatic carbocycles. The average Bonchev–Trinajstić information content (AvgIpc) is 2.54. The zero-order valence-electron chi connectivity index (χ0n) is 12.6. The number of esters is 2. The van der Waals surface area contributed by atoms with E-state index in [1.165, 1.54) is 25.3 Å². The topological polar surface area (TPSA) is 83.1 Å². The molecule has 1 rings (SSSR count). The molecule has 0 aromatic heterocycles. The zero-order chi connectivity index (χ0) is 17.4. The fourth-order valence-corrected chi connectivity index (χ4v) is 1.56. The molecule has 1 N–H and O–H groups in total. The summed E-state index contributed by atoms with van der Waals surface area (Å²) in [7, 11) is 3.48. The van der Waals surface area contributed by atoms with Gasteiger partial charge >= 0.3 is 18.6 Å². The van der Waals surface area contributed by atoms with Gasteiger partial charge in [0.1, 0.15) is 5.70 Å². The molecule has 0 aliphatic carbocycles. The summed E-state index contributed by atoms with van der Waals surface area (Å²) in [6.07, 6.45) is 0.817. The molecule has 0 aliphatic heterocycles. The Morgan fingerprint density at radius 2 is 1.87 bits per heavy atom. The van der Waals surface area contributed by atoms with Gasteiger partial charge in [0.05, 0.1) is 33.1 Å². The predicted octanol–water partition coefficient (Wildman–Crippen LogP) is 1.94. The fourth-order valence-electron chi connectivity index (χ4n) is 1.56. The highest BCUT2D eigenvalue weighted by molar-refractivity contribution is 5.99. The summed E-state index contributed by atoms with van der Waals surface area (Å²) in [5.74, 6) is -2.06. The molecule has 1 aromatic rings. The second-order valence-electron chi connectivity index (χ2n) is 3.91. The SMILES string of the molecule is COC(=O)/C=C(/Nc1cccc(OC)c1OC(F)F)C(=O)OC. The number of alkyl halides is 2. The van der Waals surface area contributed by atoms with Gasteiger partial charge in [-0.05, 0) is 12.1 Å². The summed E-state index contributed by atoms with van der Waals surface area (Å²) in [6.45, 7) is -3.11. The Labute approximate surface area is 130 Å². The predicted molar refractivity (Wildman–Crippen MR) is 75.4 cm³/mol. The van der Waals surface area contributed by atoms with Gasteiger partial charge < -0.3 is 24.3 Å². The van der Waals surface area contributed by atoms with Crippen molar-refractivity contribution in [2.45, 2.75) is 6.61 Å². The quantitative estimate of drug-likeness (QED) is 0.604. The molecule has 0 saturated carbocycles. The third-order valence-electron chi connectivity index (χ3n) is 2.54. The smallest absolute Gasteiger partial charge is 0.387 e. The molecule has 7 nitrogen and oxygen atoms in total. The van der Waals surface area contributed by atoms with Crippen molar-refractivity contribution >= 4 is 17.6 Å². The second-order valence-corrected chi connectivity index (χ2v) is 3.91. The zero-order valence-corrected chi connectivity index (χ0v) is 12.6. The van der Waals surface area contributed by atoms with E-state index in [9.17, 15) is 18.4 Å². The van der Waals surface area contributed by atoms with Crippen LogP contribution in [0, 0.1) is 0 Å². The average molecular weight is 331 g/mol. The molecule has 9 heteroatoms. The van der Waals surface area contributed by atoms with Crippen LogP contribution in [0.15, 0.2) is 30.0 Å². The minimum atomic E-state index is -3.11. The fraction of sp³-hybridized carbons (Fsp3) is 0.286. The maximum absolute atomic E-state index is 12.6. The van der Waals surface area contributed by atoms with Crippen LogP contribution in [-0.4, -0.2) is 39.9 Å². The molecule has 0 radical (unpaired) electrons. The normalized spacial score (nSPS) is 11.0. The minimum Gasteiger partial charge on any atom is -0.493 e. The Morgan fingerprint density at radius 1 is 1.17 bits per heavy atom. The first-order chi connectivity index (χ1) is 10.9. The molecular weight excluding hydrogens is 316 g/mol. The van der Waals surface area contributed by atoms with E-state index < -0.39 is 18.6 Å². The van der Waals surface area contributed by atoms with Crippen molar-refractivity contribution in [3.8, 4) is 11.5 Å². The van der Waals surface area contributed by atoms with E-state index in [-0.39, 0.29) is 22.9 Å². The Morgan fingerprint density at radius 3 is 2.39 bits per heavy atom. The lowest BCUT2D eigenvalue weighted by molar-refractivity contribution is -0.138. The molecule has 0 atom stereocenters. The lowest BCUT2D eigenvalue weighted by Gasteiger charge is -2.16. The summed E-state index contributed by atoms with van der Waals surface area (Å²) in [5, 5.41) is 2.49. The van der Waals surface area contributed by atoms with Crippen molar-refractivity contribution in [2.75, 3.05) is 26.6 Å². The van der Waals surface area contributed by atoms with Gasteiger partial charge in [-0.2, -0.15) is 8.78 Å². The molecule has 126 valence electrons. The van der Waals surface area contributed by atoms with E-state index in [2.05, 4.69) is 19.5 Å². The Kier molecular flexibility index (Phi) is 6.78. The Hall–Kier alpha value is -2.84. The minimum absolute atomic E-state index is 0.0117. The number of halogens is 2. The van der Waals surface area contributed by atoms with Crippen molar-refractivity contribution < 1.29 is 37.3 Å². The van der Waals surface area contributed by atoms with E-state index in [0.29, 0.717) is 0 Å². The van der Waals surface area contributed by atoms with E-state index in [1.54, 1.807) is 0 Å². The third kappa shape index (κ3) is 5.13. The third-order valence-corrected chi connectivity index (χ3v) is 2.54. The summed E-state index contributed by atoms with van der Waals surface area (Å²) in [4.78, 5) is 23.0. The molecule has 0 heterocycles. The van der Waals surface area contributed by atoms with Crippen LogP contribution in [0.1, 0.15) is 0 Å². The number of carbonyl (C=O) groups is 2. The van der Waals surface area contributed by atoms with Crippen LogP contribution in [0.2, 0.25) is 0 Å². The molecule has 23 heavy (non-hydrogen) atoms. The lowest BCUT2D eigenvalue weighted by atomic mass is 10.2. The highest BCUT2D eigenvalue weighted by atomic mass is 19.3. The standard InChI is InChI=1S/C14H15F2NO6/c1-20-10-6-4-5-8(12(10)23-14(15)16)17-9(13(19)22-3)7-11(18)21-2/h4-7,14,17H,1-3H3/b9-7+. The van der Waals surface area contributed by atoms with Gasteiger partial charge in [-0.25, -0.2) is 9.59 Å². The van der Waals surface area contributed by atoms with E-state index >= 15 is 0 Å². The summed E-state index contributed by atoms with van der Waals surface area (Å²) < 4.78 is 43.4. The van der Waals surface area contributed by atoms with Gasteiger partial charge in [0.25, 0.3) is 0 Å². The number of hydrogen-bond donors (Lipinski definition) is 1. The number of anilines is 1. The number of nitrogens with one attached hydrogen (secondary N) is 1. The first kappa shape index (κ1) is 18.2. The van der Waals surface area contributed by atoms with Crippen LogP contribution in [-0.2, 0) is 19.1 Å². The molecule has 0 bridgehead atoms. The summed E-state index contributed by atoms with van der Waals surface area (Å²) >= 11 is 0. The maximum Gasteiger partial charge on any atom is 0.387 e. The number of rotatable bonds is 7. The van der Waals surface area contributed by atoms with Gasteiger partial charge in [-0.15, -0.1) is 0 Å². The van der Waals surface area contributed by atoms with Gasteiger partial charge in [-0.1, -0.05) is 6.07 Å². The number of carbonyl (C=O) groups excluding carboxylic acids is 2. The molecular formula is C14H15F2NO6. The second kappa shape index (κ2) is 8.57. The van der Waals surface area contributed by atoms with Gasteiger partial charge in [0.15, 0.2) is 11.5 Å². The van der Waals surface area contributed by atoms with Gasteiger partial charge in [-0.3, -0.25) is 0 Å². The van der Waals surface area contributed by atoms with Crippen LogP contribution in [0.4, 0.5) is 14.5 Å². The highest BCUT2D eigenvalue weighted by Gasteiger charge is 2.19. The molecule has 0 fully saturated rings. The molecule has 0 aliphatic rings. The number of para-hydroxylation sites is 1. The van der Waals surface area contributed by atoms with E-state index in [4.69, 9.17) is 4.74 Å². The van der Waals surface area contributed by atoms with Gasteiger partial charge in [0, 0.05) is 0 Å². The number of hydrogen-bond acceptors (Lipinski definition) is 7. The largest absolute Gasteiger partial charge is 0.493 e.